The number of hydrogen-bond acceptors (Lipinski definition) is 1. The average Bonchev–Trinajstić information content (AvgIpc) is 1.98. The summed E-state index contributed by atoms with van der Waals surface area (Å²) in [6.07, 6.45) is 4.56. The first-order valence-electron chi connectivity index (χ1n) is 5.10. The van der Waals surface area contributed by atoms with Gasteiger partial charge < -0.3 is 0 Å². The molecule has 0 bridgehead atoms. The molecule has 0 radical (unpaired) electrons. The maximum absolute atomic E-state index is 5.84. The fourth-order valence-corrected chi connectivity index (χ4v) is 2.60. The van der Waals surface area contributed by atoms with Crippen LogP contribution in [-0.2, 0) is 4.52 Å². The SMILES string of the molecule is C/C=C/[P+](C)(C)OCCCC(C)C. The molecule has 0 rings (SSSR count). The van der Waals surface area contributed by atoms with E-state index in [1.807, 2.05) is 0 Å². The van der Waals surface area contributed by atoms with Crippen LogP contribution in [0.5, 0.6) is 0 Å². The molecular formula is C11H24OP+. The van der Waals surface area contributed by atoms with Crippen molar-refractivity contribution in [2.24, 2.45) is 5.92 Å². The molecule has 0 aliphatic rings. The zero-order chi connectivity index (χ0) is 10.3. The lowest BCUT2D eigenvalue weighted by Gasteiger charge is -2.12. The first kappa shape index (κ1) is 13.1. The van der Waals surface area contributed by atoms with E-state index in [0.29, 0.717) is 0 Å². The standard InChI is InChI=1S/C11H24OP/c1-6-10-13(4,5)12-9-7-8-11(2)3/h6,10-11H,7-9H2,1-5H3/q+1/b10-6+. The van der Waals surface area contributed by atoms with Crippen LogP contribution in [0.25, 0.3) is 0 Å². The normalized spacial score (nSPS) is 13.1. The Bertz CT molecular complexity index is 150. The zero-order valence-electron chi connectivity index (χ0n) is 9.71. The van der Waals surface area contributed by atoms with Gasteiger partial charge in [-0.2, -0.15) is 0 Å². The Labute approximate surface area is 84.0 Å². The highest BCUT2D eigenvalue weighted by Crippen LogP contribution is 2.53. The van der Waals surface area contributed by atoms with E-state index in [1.165, 1.54) is 12.8 Å². The van der Waals surface area contributed by atoms with Gasteiger partial charge in [0.1, 0.15) is 0 Å². The summed E-state index contributed by atoms with van der Waals surface area (Å²) in [4.78, 5) is 0. The van der Waals surface area contributed by atoms with Gasteiger partial charge in [-0.3, -0.25) is 0 Å². The number of rotatable bonds is 6. The summed E-state index contributed by atoms with van der Waals surface area (Å²) in [6.45, 7) is 11.9. The van der Waals surface area contributed by atoms with Crippen LogP contribution in [0.2, 0.25) is 0 Å². The van der Waals surface area contributed by atoms with Crippen LogP contribution >= 0.6 is 7.49 Å². The van der Waals surface area contributed by atoms with Gasteiger partial charge in [0, 0.05) is 0 Å². The minimum atomic E-state index is -1.18. The minimum Gasteiger partial charge on any atom is -0.234 e. The Morgan fingerprint density at radius 2 is 1.92 bits per heavy atom. The van der Waals surface area contributed by atoms with Crippen molar-refractivity contribution in [3.05, 3.63) is 11.9 Å². The third-order valence-corrected chi connectivity index (χ3v) is 3.72. The molecular weight excluding hydrogens is 179 g/mol. The Morgan fingerprint density at radius 3 is 2.38 bits per heavy atom. The fraction of sp³-hybridized carbons (Fsp3) is 0.818. The molecule has 0 aromatic heterocycles. The maximum atomic E-state index is 5.84. The molecule has 78 valence electrons. The summed E-state index contributed by atoms with van der Waals surface area (Å²) in [5.74, 6) is 3.01. The Morgan fingerprint density at radius 1 is 1.31 bits per heavy atom. The largest absolute Gasteiger partial charge is 0.234 e. The van der Waals surface area contributed by atoms with E-state index in [4.69, 9.17) is 4.52 Å². The van der Waals surface area contributed by atoms with Gasteiger partial charge in [-0.15, -0.1) is 0 Å². The van der Waals surface area contributed by atoms with Crippen molar-refractivity contribution in [2.45, 2.75) is 33.6 Å². The van der Waals surface area contributed by atoms with Crippen LogP contribution in [0, 0.1) is 5.92 Å². The van der Waals surface area contributed by atoms with Crippen molar-refractivity contribution >= 4 is 7.49 Å². The van der Waals surface area contributed by atoms with Crippen molar-refractivity contribution in [2.75, 3.05) is 19.9 Å². The number of hydrogen-bond donors (Lipinski definition) is 0. The van der Waals surface area contributed by atoms with Gasteiger partial charge in [0.05, 0.1) is 25.8 Å². The molecule has 0 saturated heterocycles. The van der Waals surface area contributed by atoms with Crippen molar-refractivity contribution in [3.8, 4) is 0 Å². The summed E-state index contributed by atoms with van der Waals surface area (Å²) >= 11 is 0. The van der Waals surface area contributed by atoms with Gasteiger partial charge in [0.15, 0.2) is 7.49 Å². The zero-order valence-corrected chi connectivity index (χ0v) is 10.6. The second-order valence-corrected chi connectivity index (χ2v) is 7.71. The predicted octanol–water partition coefficient (Wildman–Crippen LogP) is 4.17. The quantitative estimate of drug-likeness (QED) is 0.465. The van der Waals surface area contributed by atoms with Gasteiger partial charge in [0.2, 0.25) is 0 Å². The summed E-state index contributed by atoms with van der Waals surface area (Å²) < 4.78 is 5.84. The average molecular weight is 203 g/mol. The van der Waals surface area contributed by atoms with E-state index >= 15 is 0 Å². The molecule has 0 aliphatic carbocycles. The van der Waals surface area contributed by atoms with Gasteiger partial charge in [-0.05, 0) is 25.7 Å². The van der Waals surface area contributed by atoms with Crippen molar-refractivity contribution in [3.63, 3.8) is 0 Å². The highest BCUT2D eigenvalue weighted by molar-refractivity contribution is 7.72. The lowest BCUT2D eigenvalue weighted by atomic mass is 10.1. The van der Waals surface area contributed by atoms with Crippen LogP contribution in [0.4, 0.5) is 0 Å². The Kier molecular flexibility index (Phi) is 6.63. The smallest absolute Gasteiger partial charge is 0.164 e. The molecule has 0 atom stereocenters. The van der Waals surface area contributed by atoms with E-state index in [0.717, 1.165) is 12.5 Å². The molecule has 0 aromatic rings. The molecule has 0 N–H and O–H groups in total. The van der Waals surface area contributed by atoms with E-state index in [-0.39, 0.29) is 0 Å². The molecule has 0 heterocycles. The predicted molar refractivity (Wildman–Crippen MR) is 63.6 cm³/mol. The lowest BCUT2D eigenvalue weighted by Crippen LogP contribution is -1.97. The molecule has 0 aromatic carbocycles. The van der Waals surface area contributed by atoms with Gasteiger partial charge in [0.25, 0.3) is 0 Å². The summed E-state index contributed by atoms with van der Waals surface area (Å²) in [5.41, 5.74) is 0. The summed E-state index contributed by atoms with van der Waals surface area (Å²) in [5, 5.41) is 0. The molecule has 2 heteroatoms. The summed E-state index contributed by atoms with van der Waals surface area (Å²) in [7, 11) is -1.18. The molecule has 0 spiro atoms. The van der Waals surface area contributed by atoms with Crippen molar-refractivity contribution in [1.82, 2.24) is 0 Å². The van der Waals surface area contributed by atoms with Crippen LogP contribution in [0.15, 0.2) is 11.9 Å². The van der Waals surface area contributed by atoms with Crippen molar-refractivity contribution in [1.29, 1.82) is 0 Å². The van der Waals surface area contributed by atoms with E-state index in [1.54, 1.807) is 0 Å². The third-order valence-electron chi connectivity index (χ3n) is 1.86. The monoisotopic (exact) mass is 203 g/mol. The molecule has 0 fully saturated rings. The van der Waals surface area contributed by atoms with Crippen LogP contribution < -0.4 is 0 Å². The maximum Gasteiger partial charge on any atom is 0.164 e. The fourth-order valence-electron chi connectivity index (χ4n) is 1.19. The van der Waals surface area contributed by atoms with Gasteiger partial charge in [-0.1, -0.05) is 19.9 Å². The molecule has 0 amide bonds. The highest BCUT2D eigenvalue weighted by atomic mass is 31.2. The van der Waals surface area contributed by atoms with Crippen LogP contribution in [-0.4, -0.2) is 19.9 Å². The Hall–Kier alpha value is 0.130. The topological polar surface area (TPSA) is 9.23 Å². The molecule has 13 heavy (non-hydrogen) atoms. The van der Waals surface area contributed by atoms with E-state index in [9.17, 15) is 0 Å². The highest BCUT2D eigenvalue weighted by Gasteiger charge is 2.21. The van der Waals surface area contributed by atoms with Crippen LogP contribution in [0.3, 0.4) is 0 Å². The van der Waals surface area contributed by atoms with E-state index < -0.39 is 7.49 Å². The Balaban J connectivity index is 3.52. The molecule has 0 saturated carbocycles. The molecule has 1 nitrogen and oxygen atoms in total. The molecule has 0 aliphatic heterocycles. The molecule has 0 unspecified atom stereocenters. The summed E-state index contributed by atoms with van der Waals surface area (Å²) in [6, 6.07) is 0. The van der Waals surface area contributed by atoms with Gasteiger partial charge >= 0.3 is 0 Å². The first-order valence-corrected chi connectivity index (χ1v) is 7.77. The van der Waals surface area contributed by atoms with Gasteiger partial charge in [-0.25, -0.2) is 4.52 Å². The van der Waals surface area contributed by atoms with E-state index in [2.05, 4.69) is 46.0 Å². The minimum absolute atomic E-state index is 0.798. The first-order chi connectivity index (χ1) is 5.98. The number of allylic oxidation sites excluding steroid dienone is 1. The lowest BCUT2D eigenvalue weighted by molar-refractivity contribution is 0.324. The third kappa shape index (κ3) is 8.46. The van der Waals surface area contributed by atoms with Crippen molar-refractivity contribution < 1.29 is 4.52 Å². The second kappa shape index (κ2) is 6.56. The van der Waals surface area contributed by atoms with Crippen LogP contribution in [0.1, 0.15) is 33.6 Å². The second-order valence-electron chi connectivity index (χ2n) is 4.29.